The third-order valence-corrected chi connectivity index (χ3v) is 7.65. The number of rotatable bonds is 3. The molecule has 1 unspecified atom stereocenters. The number of nitrogens with zero attached hydrogens (tertiary/aromatic N) is 3. The van der Waals surface area contributed by atoms with Crippen molar-refractivity contribution in [2.45, 2.75) is 36.1 Å². The Hall–Kier alpha value is -1.94. The zero-order valence-corrected chi connectivity index (χ0v) is 13.6. The maximum Gasteiger partial charge on any atom is 0.328 e. The molecule has 2 fully saturated rings. The number of aryl methyl sites for hydroxylation is 1. The first-order valence-electron chi connectivity index (χ1n) is 6.97. The van der Waals surface area contributed by atoms with Gasteiger partial charge in [0.15, 0.2) is 9.84 Å². The summed E-state index contributed by atoms with van der Waals surface area (Å²) in [5, 5.41) is 18.4. The maximum absolute atomic E-state index is 12.7. The van der Waals surface area contributed by atoms with Gasteiger partial charge in [-0.15, -0.1) is 0 Å². The monoisotopic (exact) mass is 343 g/mol. The average molecular weight is 343 g/mol. The number of carboxylic acids is 1. The van der Waals surface area contributed by atoms with E-state index < -0.39 is 49.9 Å². The van der Waals surface area contributed by atoms with E-state index in [9.17, 15) is 28.2 Å². The van der Waals surface area contributed by atoms with Gasteiger partial charge in [-0.1, -0.05) is 0 Å². The van der Waals surface area contributed by atoms with Crippen molar-refractivity contribution in [3.8, 4) is 0 Å². The molecule has 0 aliphatic carbocycles. The summed E-state index contributed by atoms with van der Waals surface area (Å²) in [6, 6.07) is -1.46. The summed E-state index contributed by atoms with van der Waals surface area (Å²) >= 11 is 0. The van der Waals surface area contributed by atoms with Crippen molar-refractivity contribution in [1.29, 1.82) is 0 Å². The second-order valence-corrected chi connectivity index (χ2v) is 9.02. The number of aliphatic hydroxyl groups is 1. The molecule has 2 aliphatic rings. The number of aliphatic hydroxyl groups excluding tert-OH is 1. The van der Waals surface area contributed by atoms with Gasteiger partial charge in [0.2, 0.25) is 5.91 Å². The fourth-order valence-electron chi connectivity index (χ4n) is 3.46. The summed E-state index contributed by atoms with van der Waals surface area (Å²) < 4.78 is 25.3. The SMILES string of the molecule is Cn1ccnc1C(O)[C@@H]1C(=O)N2[C@@H](C(=O)O)C(C)(C)S(=O)(=O)[C@H]12. The van der Waals surface area contributed by atoms with Crippen LogP contribution < -0.4 is 0 Å². The van der Waals surface area contributed by atoms with Crippen LogP contribution in [0.3, 0.4) is 0 Å². The lowest BCUT2D eigenvalue weighted by Crippen LogP contribution is -2.65. The molecule has 1 aromatic heterocycles. The normalized spacial score (nSPS) is 32.3. The van der Waals surface area contributed by atoms with Gasteiger partial charge < -0.3 is 19.7 Å². The van der Waals surface area contributed by atoms with E-state index >= 15 is 0 Å². The van der Waals surface area contributed by atoms with E-state index in [1.54, 1.807) is 13.2 Å². The van der Waals surface area contributed by atoms with Crippen LogP contribution in [0.5, 0.6) is 0 Å². The molecule has 3 heterocycles. The van der Waals surface area contributed by atoms with Crippen LogP contribution >= 0.6 is 0 Å². The minimum atomic E-state index is -3.96. The van der Waals surface area contributed by atoms with E-state index in [0.717, 1.165) is 4.90 Å². The van der Waals surface area contributed by atoms with Gasteiger partial charge in [0.1, 0.15) is 29.3 Å². The molecule has 1 aromatic rings. The third-order valence-electron chi connectivity index (χ3n) is 4.81. The summed E-state index contributed by atoms with van der Waals surface area (Å²) in [5.41, 5.74) is 0. The van der Waals surface area contributed by atoms with Crippen LogP contribution in [-0.2, 0) is 26.5 Å². The Balaban J connectivity index is 2.05. The van der Waals surface area contributed by atoms with Crippen LogP contribution in [0.15, 0.2) is 12.4 Å². The number of amides is 1. The van der Waals surface area contributed by atoms with Crippen molar-refractivity contribution >= 4 is 21.7 Å². The van der Waals surface area contributed by atoms with Crippen LogP contribution in [0.1, 0.15) is 25.8 Å². The van der Waals surface area contributed by atoms with Gasteiger partial charge >= 0.3 is 5.97 Å². The molecule has 0 radical (unpaired) electrons. The number of sulfone groups is 1. The summed E-state index contributed by atoms with van der Waals surface area (Å²) in [5.74, 6) is -3.15. The predicted molar refractivity (Wildman–Crippen MR) is 76.7 cm³/mol. The van der Waals surface area contributed by atoms with Gasteiger partial charge in [0.25, 0.3) is 0 Å². The van der Waals surface area contributed by atoms with Gasteiger partial charge in [0.05, 0.1) is 4.75 Å². The Morgan fingerprint density at radius 3 is 2.52 bits per heavy atom. The molecule has 0 bridgehead atoms. The first-order chi connectivity index (χ1) is 10.5. The molecule has 0 spiro atoms. The standard InChI is InChI=1S/C13H17N3O6S/c1-13(2)8(12(19)20)16-10(18)6(11(16)23(13,21)22)7(17)9-14-4-5-15(9)3/h4-8,11,17H,1-3H3,(H,19,20)/t6-,7?,8+,11-/m1/s1. The number of imidazole rings is 1. The quantitative estimate of drug-likeness (QED) is 0.666. The number of carboxylic acid groups (broad SMARTS) is 1. The number of hydrogen-bond acceptors (Lipinski definition) is 6. The highest BCUT2D eigenvalue weighted by Gasteiger charge is 2.73. The van der Waals surface area contributed by atoms with Crippen LogP contribution in [0.4, 0.5) is 0 Å². The van der Waals surface area contributed by atoms with Crippen LogP contribution in [-0.4, -0.2) is 61.1 Å². The number of aromatic nitrogens is 2. The van der Waals surface area contributed by atoms with Crippen LogP contribution in [0, 0.1) is 5.92 Å². The second-order valence-electron chi connectivity index (χ2n) is 6.39. The number of aliphatic carboxylic acids is 1. The Kier molecular flexibility index (Phi) is 3.15. The first kappa shape index (κ1) is 15.9. The Bertz CT molecular complexity index is 798. The van der Waals surface area contributed by atoms with E-state index in [4.69, 9.17) is 0 Å². The van der Waals surface area contributed by atoms with Crippen molar-refractivity contribution in [1.82, 2.24) is 14.5 Å². The second kappa shape index (κ2) is 4.54. The highest BCUT2D eigenvalue weighted by atomic mass is 32.2. The average Bonchev–Trinajstić information content (AvgIpc) is 2.90. The molecule has 0 saturated carbocycles. The lowest BCUT2D eigenvalue weighted by Gasteiger charge is -2.44. The van der Waals surface area contributed by atoms with Gasteiger partial charge in [-0.3, -0.25) is 4.79 Å². The molecule has 126 valence electrons. The smallest absolute Gasteiger partial charge is 0.328 e. The number of β-lactam (4-membered cyclic amide) rings is 1. The Labute approximate surface area is 132 Å². The van der Waals surface area contributed by atoms with Gasteiger partial charge in [-0.25, -0.2) is 18.2 Å². The summed E-state index contributed by atoms with van der Waals surface area (Å²) in [6.07, 6.45) is 1.57. The van der Waals surface area contributed by atoms with Crippen molar-refractivity contribution in [3.63, 3.8) is 0 Å². The number of hydrogen-bond donors (Lipinski definition) is 2. The fourth-order valence-corrected chi connectivity index (χ4v) is 5.78. The lowest BCUT2D eigenvalue weighted by molar-refractivity contribution is -0.169. The third kappa shape index (κ3) is 1.75. The van der Waals surface area contributed by atoms with Crippen LogP contribution in [0.2, 0.25) is 0 Å². The summed E-state index contributed by atoms with van der Waals surface area (Å²) in [4.78, 5) is 28.6. The molecule has 4 atom stereocenters. The van der Waals surface area contributed by atoms with E-state index in [1.165, 1.54) is 24.6 Å². The van der Waals surface area contributed by atoms with Crippen molar-refractivity contribution < 1.29 is 28.2 Å². The van der Waals surface area contributed by atoms with Crippen molar-refractivity contribution in [2.75, 3.05) is 0 Å². The van der Waals surface area contributed by atoms with E-state index in [1.807, 2.05) is 0 Å². The fraction of sp³-hybridized carbons (Fsp3) is 0.615. The molecule has 1 amide bonds. The Morgan fingerprint density at radius 1 is 1.43 bits per heavy atom. The van der Waals surface area contributed by atoms with Gasteiger partial charge in [-0.2, -0.15) is 0 Å². The van der Waals surface area contributed by atoms with Crippen LogP contribution in [0.25, 0.3) is 0 Å². The molecule has 3 rings (SSSR count). The first-order valence-corrected chi connectivity index (χ1v) is 8.52. The van der Waals surface area contributed by atoms with E-state index in [0.29, 0.717) is 0 Å². The maximum atomic E-state index is 12.7. The number of carbonyl (C=O) groups excluding carboxylic acids is 1. The molecule has 9 nitrogen and oxygen atoms in total. The molecule has 10 heteroatoms. The highest BCUT2D eigenvalue weighted by Crippen LogP contribution is 2.51. The van der Waals surface area contributed by atoms with Crippen molar-refractivity contribution in [3.05, 3.63) is 18.2 Å². The molecular formula is C13H17N3O6S. The molecule has 2 saturated heterocycles. The predicted octanol–water partition coefficient (Wildman–Crippen LogP) is -1.10. The zero-order chi connectivity index (χ0) is 17.3. The molecule has 2 N–H and O–H groups in total. The van der Waals surface area contributed by atoms with Gasteiger partial charge in [0, 0.05) is 19.4 Å². The van der Waals surface area contributed by atoms with E-state index in [-0.39, 0.29) is 5.82 Å². The number of fused-ring (bicyclic) bond motifs is 1. The van der Waals surface area contributed by atoms with Crippen molar-refractivity contribution in [2.24, 2.45) is 13.0 Å². The topological polar surface area (TPSA) is 130 Å². The molecular weight excluding hydrogens is 326 g/mol. The molecule has 2 aliphatic heterocycles. The highest BCUT2D eigenvalue weighted by molar-refractivity contribution is 7.93. The lowest BCUT2D eigenvalue weighted by atomic mass is 9.87. The van der Waals surface area contributed by atoms with Gasteiger partial charge in [-0.05, 0) is 13.8 Å². The van der Waals surface area contributed by atoms with E-state index in [2.05, 4.69) is 4.98 Å². The minimum Gasteiger partial charge on any atom is -0.480 e. The molecule has 0 aromatic carbocycles. The Morgan fingerprint density at radius 2 is 2.04 bits per heavy atom. The largest absolute Gasteiger partial charge is 0.480 e. The minimum absolute atomic E-state index is 0.162. The summed E-state index contributed by atoms with van der Waals surface area (Å²) in [6.45, 7) is 2.58. The zero-order valence-electron chi connectivity index (χ0n) is 12.7. The number of carbonyl (C=O) groups is 2. The molecule has 23 heavy (non-hydrogen) atoms. The summed E-state index contributed by atoms with van der Waals surface area (Å²) in [7, 11) is -2.35.